The second-order valence-corrected chi connectivity index (χ2v) is 6.69. The van der Waals surface area contributed by atoms with Crippen molar-refractivity contribution in [1.29, 1.82) is 0 Å². The summed E-state index contributed by atoms with van der Waals surface area (Å²) in [5, 5.41) is 7.01. The van der Waals surface area contributed by atoms with Gasteiger partial charge in [-0.3, -0.25) is 4.99 Å². The van der Waals surface area contributed by atoms with Crippen LogP contribution in [0.1, 0.15) is 48.0 Å². The normalized spacial score (nSPS) is 21.5. The lowest BCUT2D eigenvalue weighted by molar-refractivity contribution is 0.264. The molecular formula is C13H28ClN3. The fourth-order valence-electron chi connectivity index (χ4n) is 2.56. The first kappa shape index (κ1) is 16.7. The van der Waals surface area contributed by atoms with Crippen LogP contribution in [0, 0.1) is 5.41 Å². The Morgan fingerprint density at radius 1 is 1.29 bits per heavy atom. The molecule has 0 radical (unpaired) electrons. The van der Waals surface area contributed by atoms with Crippen molar-refractivity contribution >= 4 is 18.2 Å². The molecule has 1 atom stereocenters. The Morgan fingerprint density at radius 3 is 2.35 bits per heavy atom. The van der Waals surface area contributed by atoms with Gasteiger partial charge in [-0.15, -0.1) is 12.4 Å². The van der Waals surface area contributed by atoms with Crippen LogP contribution in [0.3, 0.4) is 0 Å². The molecule has 3 nitrogen and oxygen atoms in total. The highest BCUT2D eigenvalue weighted by atomic mass is 35.5. The standard InChI is InChI=1S/C13H27N3.ClH/c1-10-11(15-8-7-14-10)16-13(5,6)9-12(2,3)4;/h10,14H,7-9H2,1-6H3,(H,15,16);1H. The highest BCUT2D eigenvalue weighted by Crippen LogP contribution is 2.26. The van der Waals surface area contributed by atoms with E-state index >= 15 is 0 Å². The first-order chi connectivity index (χ1) is 7.20. The number of hydrogen-bond acceptors (Lipinski definition) is 3. The minimum atomic E-state index is 0. The van der Waals surface area contributed by atoms with Gasteiger partial charge in [0.2, 0.25) is 0 Å². The van der Waals surface area contributed by atoms with Crippen LogP contribution in [0.4, 0.5) is 0 Å². The largest absolute Gasteiger partial charge is 0.368 e. The van der Waals surface area contributed by atoms with E-state index in [1.807, 2.05) is 0 Å². The minimum absolute atomic E-state index is 0. The fourth-order valence-corrected chi connectivity index (χ4v) is 2.56. The van der Waals surface area contributed by atoms with Gasteiger partial charge in [0.05, 0.1) is 12.6 Å². The lowest BCUT2D eigenvalue weighted by Gasteiger charge is -2.36. The molecule has 1 rings (SSSR count). The molecular weight excluding hydrogens is 234 g/mol. The van der Waals surface area contributed by atoms with Crippen LogP contribution in [0.5, 0.6) is 0 Å². The summed E-state index contributed by atoms with van der Waals surface area (Å²) in [6.45, 7) is 15.4. The lowest BCUT2D eigenvalue weighted by Crippen LogP contribution is -2.54. The van der Waals surface area contributed by atoms with Crippen LogP contribution in [0.15, 0.2) is 4.99 Å². The number of rotatable bonds is 2. The summed E-state index contributed by atoms with van der Waals surface area (Å²) >= 11 is 0. The van der Waals surface area contributed by atoms with E-state index in [1.165, 1.54) is 0 Å². The third-order valence-corrected chi connectivity index (χ3v) is 2.69. The quantitative estimate of drug-likeness (QED) is 0.802. The molecule has 2 N–H and O–H groups in total. The van der Waals surface area contributed by atoms with Gasteiger partial charge in [-0.1, -0.05) is 20.8 Å². The third-order valence-electron chi connectivity index (χ3n) is 2.69. The molecule has 0 aromatic rings. The minimum Gasteiger partial charge on any atom is -0.368 e. The molecule has 1 aliphatic rings. The summed E-state index contributed by atoms with van der Waals surface area (Å²) in [5.74, 6) is 1.11. The smallest absolute Gasteiger partial charge is 0.114 e. The van der Waals surface area contributed by atoms with E-state index in [9.17, 15) is 0 Å². The van der Waals surface area contributed by atoms with Crippen molar-refractivity contribution in [3.63, 3.8) is 0 Å². The Hall–Kier alpha value is -0.280. The van der Waals surface area contributed by atoms with E-state index in [0.717, 1.165) is 25.3 Å². The SMILES string of the molecule is CC1NCCN=C1NC(C)(C)CC(C)(C)C.Cl. The molecule has 1 unspecified atom stereocenters. The van der Waals surface area contributed by atoms with Crippen molar-refractivity contribution in [1.82, 2.24) is 10.6 Å². The van der Waals surface area contributed by atoms with Crippen molar-refractivity contribution in [3.05, 3.63) is 0 Å². The van der Waals surface area contributed by atoms with Gasteiger partial charge in [0, 0.05) is 12.1 Å². The number of amidine groups is 1. The topological polar surface area (TPSA) is 36.4 Å². The molecule has 0 saturated carbocycles. The monoisotopic (exact) mass is 261 g/mol. The van der Waals surface area contributed by atoms with Gasteiger partial charge in [-0.25, -0.2) is 0 Å². The number of hydrogen-bond donors (Lipinski definition) is 2. The van der Waals surface area contributed by atoms with Gasteiger partial charge in [0.25, 0.3) is 0 Å². The molecule has 102 valence electrons. The van der Waals surface area contributed by atoms with E-state index in [0.29, 0.717) is 11.5 Å². The summed E-state index contributed by atoms with van der Waals surface area (Å²) < 4.78 is 0. The molecule has 0 aromatic heterocycles. The zero-order chi connectivity index (χ0) is 12.4. The Labute approximate surface area is 112 Å². The van der Waals surface area contributed by atoms with Crippen molar-refractivity contribution in [2.75, 3.05) is 13.1 Å². The molecule has 0 amide bonds. The summed E-state index contributed by atoms with van der Waals surface area (Å²) in [4.78, 5) is 4.57. The zero-order valence-electron chi connectivity index (χ0n) is 12.1. The Bertz CT molecular complexity index is 266. The van der Waals surface area contributed by atoms with E-state index in [4.69, 9.17) is 0 Å². The van der Waals surface area contributed by atoms with Crippen LogP contribution in [0.2, 0.25) is 0 Å². The van der Waals surface area contributed by atoms with Crippen LogP contribution in [-0.2, 0) is 0 Å². The second kappa shape index (κ2) is 6.05. The van der Waals surface area contributed by atoms with E-state index in [2.05, 4.69) is 57.2 Å². The van der Waals surface area contributed by atoms with Crippen LogP contribution >= 0.6 is 12.4 Å². The van der Waals surface area contributed by atoms with Crippen molar-refractivity contribution in [3.8, 4) is 0 Å². The molecule has 4 heteroatoms. The summed E-state index contributed by atoms with van der Waals surface area (Å²) in [6, 6.07) is 0.355. The Morgan fingerprint density at radius 2 is 1.88 bits per heavy atom. The van der Waals surface area contributed by atoms with Gasteiger partial charge in [0.1, 0.15) is 5.84 Å². The third kappa shape index (κ3) is 6.27. The van der Waals surface area contributed by atoms with Crippen molar-refractivity contribution in [2.45, 2.75) is 59.5 Å². The van der Waals surface area contributed by atoms with Crippen LogP contribution in [-0.4, -0.2) is 30.5 Å². The maximum Gasteiger partial charge on any atom is 0.114 e. The molecule has 0 fully saturated rings. The zero-order valence-corrected chi connectivity index (χ0v) is 12.9. The van der Waals surface area contributed by atoms with Crippen molar-refractivity contribution < 1.29 is 0 Å². The molecule has 17 heavy (non-hydrogen) atoms. The molecule has 0 spiro atoms. The summed E-state index contributed by atoms with van der Waals surface area (Å²) in [6.07, 6.45) is 1.13. The molecule has 0 aliphatic carbocycles. The highest BCUT2D eigenvalue weighted by molar-refractivity contribution is 5.88. The maximum absolute atomic E-state index is 4.57. The lowest BCUT2D eigenvalue weighted by atomic mass is 9.81. The average Bonchev–Trinajstić information content (AvgIpc) is 2.04. The summed E-state index contributed by atoms with van der Waals surface area (Å²) in [5.41, 5.74) is 0.437. The number of nitrogens with one attached hydrogen (secondary N) is 2. The van der Waals surface area contributed by atoms with Gasteiger partial charge in [-0.05, 0) is 32.6 Å². The molecule has 0 bridgehead atoms. The van der Waals surface area contributed by atoms with Crippen molar-refractivity contribution in [2.24, 2.45) is 10.4 Å². The molecule has 0 aromatic carbocycles. The molecule has 0 saturated heterocycles. The Kier molecular flexibility index (Phi) is 5.95. The predicted molar refractivity (Wildman–Crippen MR) is 78.3 cm³/mol. The fraction of sp³-hybridized carbons (Fsp3) is 0.923. The molecule has 1 aliphatic heterocycles. The van der Waals surface area contributed by atoms with Crippen LogP contribution < -0.4 is 10.6 Å². The van der Waals surface area contributed by atoms with E-state index in [-0.39, 0.29) is 17.9 Å². The van der Waals surface area contributed by atoms with E-state index in [1.54, 1.807) is 0 Å². The number of aliphatic imine (C=N–C) groups is 1. The molecule has 1 heterocycles. The summed E-state index contributed by atoms with van der Waals surface area (Å²) in [7, 11) is 0. The first-order valence-electron chi connectivity index (χ1n) is 6.26. The van der Waals surface area contributed by atoms with Gasteiger partial charge in [-0.2, -0.15) is 0 Å². The van der Waals surface area contributed by atoms with Crippen LogP contribution in [0.25, 0.3) is 0 Å². The number of nitrogens with zero attached hydrogens (tertiary/aromatic N) is 1. The van der Waals surface area contributed by atoms with Gasteiger partial charge >= 0.3 is 0 Å². The maximum atomic E-state index is 4.57. The Balaban J connectivity index is 0.00000256. The second-order valence-electron chi connectivity index (χ2n) is 6.69. The highest BCUT2D eigenvalue weighted by Gasteiger charge is 2.28. The number of halogens is 1. The first-order valence-corrected chi connectivity index (χ1v) is 6.26. The van der Waals surface area contributed by atoms with Gasteiger partial charge in [0.15, 0.2) is 0 Å². The average molecular weight is 262 g/mol. The van der Waals surface area contributed by atoms with E-state index < -0.39 is 0 Å². The predicted octanol–water partition coefficient (Wildman–Crippen LogP) is 2.60. The van der Waals surface area contributed by atoms with Gasteiger partial charge < -0.3 is 10.6 Å².